The van der Waals surface area contributed by atoms with E-state index in [-0.39, 0.29) is 30.9 Å². The van der Waals surface area contributed by atoms with Crippen LogP contribution in [0.2, 0.25) is 0 Å². The number of para-hydroxylation sites is 2. The second-order valence-electron chi connectivity index (χ2n) is 8.81. The molecule has 4 aromatic rings. The Labute approximate surface area is 227 Å². The molecule has 0 heterocycles. The molecule has 0 aromatic heterocycles. The zero-order valence-electron chi connectivity index (χ0n) is 21.7. The van der Waals surface area contributed by atoms with Crippen molar-refractivity contribution in [1.29, 1.82) is 0 Å². The number of aryl methyl sites for hydroxylation is 2. The minimum Gasteiger partial charge on any atom is -0.483 e. The molecule has 0 aliphatic rings. The molecule has 8 heteroatoms. The summed E-state index contributed by atoms with van der Waals surface area (Å²) >= 11 is 0. The van der Waals surface area contributed by atoms with Gasteiger partial charge in [-0.15, -0.1) is 0 Å². The van der Waals surface area contributed by atoms with E-state index in [4.69, 9.17) is 9.47 Å². The first-order valence-corrected chi connectivity index (χ1v) is 12.4. The largest absolute Gasteiger partial charge is 0.483 e. The van der Waals surface area contributed by atoms with E-state index in [1.807, 2.05) is 62.4 Å². The number of amides is 3. The Hall–Kier alpha value is -5.11. The maximum Gasteiger partial charge on any atom is 0.262 e. The summed E-state index contributed by atoms with van der Waals surface area (Å²) in [5.41, 5.74) is 4.03. The molecule has 0 atom stereocenters. The van der Waals surface area contributed by atoms with Crippen LogP contribution in [-0.4, -0.2) is 30.9 Å². The van der Waals surface area contributed by atoms with Crippen LogP contribution in [0.4, 0.5) is 17.1 Å². The summed E-state index contributed by atoms with van der Waals surface area (Å²) in [5.74, 6) is 0.419. The van der Waals surface area contributed by atoms with Gasteiger partial charge in [0, 0.05) is 22.6 Å². The van der Waals surface area contributed by atoms with Crippen molar-refractivity contribution in [3.8, 4) is 11.5 Å². The first-order valence-electron chi connectivity index (χ1n) is 12.4. The highest BCUT2D eigenvalue weighted by Gasteiger charge is 2.10. The molecule has 0 unspecified atom stereocenters. The zero-order chi connectivity index (χ0) is 27.6. The number of hydrogen-bond acceptors (Lipinski definition) is 5. The van der Waals surface area contributed by atoms with E-state index in [2.05, 4.69) is 16.0 Å². The molecule has 4 aromatic carbocycles. The summed E-state index contributed by atoms with van der Waals surface area (Å²) in [6.45, 7) is 3.59. The van der Waals surface area contributed by atoms with Crippen LogP contribution >= 0.6 is 0 Å². The lowest BCUT2D eigenvalue weighted by Crippen LogP contribution is -2.20. The summed E-state index contributed by atoms with van der Waals surface area (Å²) < 4.78 is 11.1. The quantitative estimate of drug-likeness (QED) is 0.251. The lowest BCUT2D eigenvalue weighted by Gasteiger charge is -2.11. The standard InChI is InChI=1S/C31H29N3O5/c1-21-7-3-5-9-27(21)38-19-29(35)32-24-13-11-23(12-14-24)31(37)34-26-17-15-25(16-18-26)33-30(36)20-39-28-10-6-4-8-22(28)2/h3-18H,19-20H2,1-2H3,(H,32,35)(H,33,36)(H,34,37). The van der Waals surface area contributed by atoms with Crippen LogP contribution in [0.1, 0.15) is 21.5 Å². The minimum absolute atomic E-state index is 0.112. The van der Waals surface area contributed by atoms with Crippen LogP contribution in [0, 0.1) is 13.8 Å². The molecule has 0 saturated heterocycles. The third kappa shape index (κ3) is 7.93. The van der Waals surface area contributed by atoms with Crippen molar-refractivity contribution in [2.24, 2.45) is 0 Å². The molecular weight excluding hydrogens is 494 g/mol. The predicted octanol–water partition coefficient (Wildman–Crippen LogP) is 5.59. The van der Waals surface area contributed by atoms with Gasteiger partial charge in [-0.2, -0.15) is 0 Å². The van der Waals surface area contributed by atoms with E-state index in [0.29, 0.717) is 34.1 Å². The van der Waals surface area contributed by atoms with E-state index >= 15 is 0 Å². The van der Waals surface area contributed by atoms with Gasteiger partial charge in [-0.05, 0) is 85.6 Å². The number of hydrogen-bond donors (Lipinski definition) is 3. The summed E-state index contributed by atoms with van der Waals surface area (Å²) in [7, 11) is 0. The number of nitrogens with one attached hydrogen (secondary N) is 3. The Morgan fingerprint density at radius 1 is 0.538 bits per heavy atom. The fourth-order valence-corrected chi connectivity index (χ4v) is 3.66. The molecule has 8 nitrogen and oxygen atoms in total. The Balaban J connectivity index is 1.23. The monoisotopic (exact) mass is 523 g/mol. The average Bonchev–Trinajstić information content (AvgIpc) is 2.93. The second-order valence-corrected chi connectivity index (χ2v) is 8.81. The molecule has 0 aliphatic carbocycles. The number of ether oxygens (including phenoxy) is 2. The Morgan fingerprint density at radius 3 is 1.36 bits per heavy atom. The maximum atomic E-state index is 12.6. The molecule has 0 aliphatic heterocycles. The van der Waals surface area contributed by atoms with Gasteiger partial charge >= 0.3 is 0 Å². The van der Waals surface area contributed by atoms with Crippen molar-refractivity contribution in [2.45, 2.75) is 13.8 Å². The molecule has 0 radical (unpaired) electrons. The zero-order valence-corrected chi connectivity index (χ0v) is 21.7. The molecular formula is C31H29N3O5. The van der Waals surface area contributed by atoms with Crippen molar-refractivity contribution < 1.29 is 23.9 Å². The highest BCUT2D eigenvalue weighted by atomic mass is 16.5. The van der Waals surface area contributed by atoms with E-state index in [9.17, 15) is 14.4 Å². The Kier molecular flexibility index (Phi) is 8.92. The highest BCUT2D eigenvalue weighted by molar-refractivity contribution is 6.05. The van der Waals surface area contributed by atoms with Gasteiger partial charge in [0.2, 0.25) is 0 Å². The number of carbonyl (C=O) groups excluding carboxylic acids is 3. The third-order valence-electron chi connectivity index (χ3n) is 5.76. The Morgan fingerprint density at radius 2 is 0.923 bits per heavy atom. The molecule has 4 rings (SSSR count). The van der Waals surface area contributed by atoms with E-state index in [0.717, 1.165) is 11.1 Å². The summed E-state index contributed by atoms with van der Waals surface area (Å²) in [6.07, 6.45) is 0. The van der Waals surface area contributed by atoms with Gasteiger partial charge in [-0.1, -0.05) is 36.4 Å². The third-order valence-corrected chi connectivity index (χ3v) is 5.76. The molecule has 0 bridgehead atoms. The topological polar surface area (TPSA) is 106 Å². The van der Waals surface area contributed by atoms with Gasteiger partial charge in [0.15, 0.2) is 13.2 Å². The fourth-order valence-electron chi connectivity index (χ4n) is 3.66. The molecule has 0 fully saturated rings. The van der Waals surface area contributed by atoms with E-state index in [1.54, 1.807) is 48.5 Å². The number of carbonyl (C=O) groups is 3. The minimum atomic E-state index is -0.306. The highest BCUT2D eigenvalue weighted by Crippen LogP contribution is 2.19. The molecule has 3 N–H and O–H groups in total. The summed E-state index contributed by atoms with van der Waals surface area (Å²) in [5, 5.41) is 8.33. The number of benzene rings is 4. The van der Waals surface area contributed by atoms with Gasteiger partial charge in [0.25, 0.3) is 17.7 Å². The van der Waals surface area contributed by atoms with E-state index in [1.165, 1.54) is 0 Å². The molecule has 3 amide bonds. The maximum absolute atomic E-state index is 12.6. The fraction of sp³-hybridized carbons (Fsp3) is 0.129. The van der Waals surface area contributed by atoms with Gasteiger partial charge in [0.1, 0.15) is 11.5 Å². The molecule has 0 spiro atoms. The molecule has 198 valence electrons. The van der Waals surface area contributed by atoms with Crippen LogP contribution in [-0.2, 0) is 9.59 Å². The normalized spacial score (nSPS) is 10.3. The van der Waals surface area contributed by atoms with Crippen LogP contribution < -0.4 is 25.4 Å². The van der Waals surface area contributed by atoms with Gasteiger partial charge in [-0.25, -0.2) is 0 Å². The van der Waals surface area contributed by atoms with Crippen LogP contribution in [0.5, 0.6) is 11.5 Å². The van der Waals surface area contributed by atoms with E-state index < -0.39 is 0 Å². The SMILES string of the molecule is Cc1ccccc1OCC(=O)Nc1ccc(NC(=O)c2ccc(NC(=O)COc3ccccc3C)cc2)cc1. The van der Waals surface area contributed by atoms with Crippen molar-refractivity contribution >= 4 is 34.8 Å². The molecule has 39 heavy (non-hydrogen) atoms. The van der Waals surface area contributed by atoms with Crippen LogP contribution in [0.25, 0.3) is 0 Å². The first kappa shape index (κ1) is 26.9. The summed E-state index contributed by atoms with van der Waals surface area (Å²) in [6, 6.07) is 28.3. The van der Waals surface area contributed by atoms with Crippen molar-refractivity contribution in [1.82, 2.24) is 0 Å². The van der Waals surface area contributed by atoms with Crippen molar-refractivity contribution in [3.63, 3.8) is 0 Å². The van der Waals surface area contributed by atoms with Gasteiger partial charge in [0.05, 0.1) is 0 Å². The number of rotatable bonds is 10. The van der Waals surface area contributed by atoms with Gasteiger partial charge < -0.3 is 25.4 Å². The molecule has 0 saturated carbocycles. The lowest BCUT2D eigenvalue weighted by atomic mass is 10.2. The van der Waals surface area contributed by atoms with Crippen LogP contribution in [0.3, 0.4) is 0 Å². The first-order chi connectivity index (χ1) is 18.9. The van der Waals surface area contributed by atoms with Crippen molar-refractivity contribution in [3.05, 3.63) is 114 Å². The van der Waals surface area contributed by atoms with Gasteiger partial charge in [-0.3, -0.25) is 14.4 Å². The number of anilines is 3. The lowest BCUT2D eigenvalue weighted by molar-refractivity contribution is -0.118. The smallest absolute Gasteiger partial charge is 0.262 e. The van der Waals surface area contributed by atoms with Crippen molar-refractivity contribution in [2.75, 3.05) is 29.2 Å². The second kappa shape index (κ2) is 12.9. The predicted molar refractivity (Wildman–Crippen MR) is 151 cm³/mol. The van der Waals surface area contributed by atoms with Crippen LogP contribution in [0.15, 0.2) is 97.1 Å². The Bertz CT molecular complexity index is 1450. The summed E-state index contributed by atoms with van der Waals surface area (Å²) in [4.78, 5) is 37.1. The average molecular weight is 524 g/mol.